The summed E-state index contributed by atoms with van der Waals surface area (Å²) in [5.41, 5.74) is 4.08. The highest BCUT2D eigenvalue weighted by molar-refractivity contribution is 6.42. The zero-order valence-electron chi connectivity index (χ0n) is 13.8. The number of rotatable bonds is 3. The fraction of sp³-hybridized carbons (Fsp3) is 0.222. The van der Waals surface area contributed by atoms with Crippen molar-refractivity contribution < 1.29 is 8.63 Å². The summed E-state index contributed by atoms with van der Waals surface area (Å²) in [5.74, 6) is 0. The summed E-state index contributed by atoms with van der Waals surface area (Å²) in [6.07, 6.45) is 3.56. The summed E-state index contributed by atoms with van der Waals surface area (Å²) in [6.45, 7) is 3.69. The first-order valence-electron chi connectivity index (χ1n) is 7.76. The second-order valence-electron chi connectivity index (χ2n) is 6.02. The highest BCUT2D eigenvalue weighted by Gasteiger charge is 2.38. The lowest BCUT2D eigenvalue weighted by Gasteiger charge is -2.26. The van der Waals surface area contributed by atoms with Crippen LogP contribution in [-0.2, 0) is 7.05 Å². The third-order valence-electron chi connectivity index (χ3n) is 4.38. The Hall–Kier alpha value is -2.01. The fourth-order valence-corrected chi connectivity index (χ4v) is 3.22. The minimum atomic E-state index is -2.62. The Morgan fingerprint density at radius 3 is 2.38 bits per heavy atom. The van der Waals surface area contributed by atoms with Gasteiger partial charge < -0.3 is 9.38 Å². The maximum Gasteiger partial charge on any atom is 0.673 e. The van der Waals surface area contributed by atoms with Crippen LogP contribution >= 0.6 is 11.6 Å². The van der Waals surface area contributed by atoms with Gasteiger partial charge in [0, 0.05) is 29.5 Å². The Labute approximate surface area is 146 Å². The number of halogens is 3. The fourth-order valence-electron chi connectivity index (χ4n) is 3.01. The van der Waals surface area contributed by atoms with Gasteiger partial charge in [-0.2, -0.15) is 0 Å². The highest BCUT2D eigenvalue weighted by Crippen LogP contribution is 2.38. The first-order chi connectivity index (χ1) is 11.4. The van der Waals surface area contributed by atoms with Gasteiger partial charge in [0.15, 0.2) is 0 Å². The van der Waals surface area contributed by atoms with Gasteiger partial charge in [0.1, 0.15) is 0 Å². The predicted octanol–water partition coefficient (Wildman–Crippen LogP) is 4.84. The summed E-state index contributed by atoms with van der Waals surface area (Å²) >= 11 is 6.20. The van der Waals surface area contributed by atoms with Gasteiger partial charge in [0.2, 0.25) is 0 Å². The zero-order valence-corrected chi connectivity index (χ0v) is 14.6. The van der Waals surface area contributed by atoms with Crippen LogP contribution in [0.4, 0.5) is 8.63 Å². The van der Waals surface area contributed by atoms with Crippen LogP contribution in [0.1, 0.15) is 23.7 Å². The van der Waals surface area contributed by atoms with Crippen molar-refractivity contribution in [1.82, 2.24) is 9.38 Å². The molecule has 6 heteroatoms. The van der Waals surface area contributed by atoms with E-state index in [1.165, 1.54) is 0 Å². The summed E-state index contributed by atoms with van der Waals surface area (Å²) in [6, 6.07) is 11.2. The van der Waals surface area contributed by atoms with Crippen molar-refractivity contribution in [3.05, 3.63) is 76.2 Å². The van der Waals surface area contributed by atoms with Crippen molar-refractivity contribution in [2.45, 2.75) is 19.9 Å². The molecule has 2 aromatic rings. The molecule has 0 N–H and O–H groups in total. The molecule has 1 aliphatic rings. The van der Waals surface area contributed by atoms with Crippen molar-refractivity contribution in [2.24, 2.45) is 7.05 Å². The molecule has 1 atom stereocenters. The molecular weight excluding hydrogens is 328 g/mol. The highest BCUT2D eigenvalue weighted by atomic mass is 35.5. The molecule has 1 aromatic carbocycles. The molecule has 0 saturated heterocycles. The van der Waals surface area contributed by atoms with Gasteiger partial charge in [-0.15, -0.1) is 0 Å². The Morgan fingerprint density at radius 1 is 1.17 bits per heavy atom. The van der Waals surface area contributed by atoms with Crippen molar-refractivity contribution >= 4 is 24.6 Å². The van der Waals surface area contributed by atoms with E-state index in [4.69, 9.17) is 11.6 Å². The molecule has 2 nitrogen and oxygen atoms in total. The smallest absolute Gasteiger partial charge is 0.350 e. The third kappa shape index (κ3) is 2.89. The molecule has 2 heterocycles. The van der Waals surface area contributed by atoms with Gasteiger partial charge in [-0.25, -0.2) is 0 Å². The van der Waals surface area contributed by atoms with Crippen molar-refractivity contribution in [3.63, 3.8) is 0 Å². The van der Waals surface area contributed by atoms with Gasteiger partial charge in [-0.05, 0) is 37.6 Å². The Balaban J connectivity index is 2.28. The van der Waals surface area contributed by atoms with Crippen LogP contribution in [-0.4, -0.2) is 22.8 Å². The largest absolute Gasteiger partial charge is 0.673 e. The van der Waals surface area contributed by atoms with Gasteiger partial charge in [-0.3, -0.25) is 8.63 Å². The standard InChI is InChI=1S/C18H18BClF2N2/c1-12-6-8-14(9-7-12)18(16-5-4-10-23(16)3)17-11-15(20)13(2)24(17)19(21)22/h4-11,13H,1-3H3/b18-17-. The van der Waals surface area contributed by atoms with Gasteiger partial charge in [0.25, 0.3) is 0 Å². The molecule has 0 saturated carbocycles. The number of benzene rings is 1. The summed E-state index contributed by atoms with van der Waals surface area (Å²) in [7, 11) is -0.719. The van der Waals surface area contributed by atoms with Gasteiger partial charge >= 0.3 is 7.40 Å². The topological polar surface area (TPSA) is 8.17 Å². The SMILES string of the molecule is Cc1ccc(/C(=C2\C=C(Cl)C(C)N2B(F)F)c2cccn2C)cc1. The van der Waals surface area contributed by atoms with Crippen LogP contribution in [0.15, 0.2) is 59.4 Å². The first kappa shape index (κ1) is 16.8. The number of nitrogens with zero attached hydrogens (tertiary/aromatic N) is 2. The lowest BCUT2D eigenvalue weighted by Crippen LogP contribution is -2.36. The molecule has 0 fully saturated rings. The maximum atomic E-state index is 13.7. The lowest BCUT2D eigenvalue weighted by atomic mass is 9.97. The lowest BCUT2D eigenvalue weighted by molar-refractivity contribution is 0.414. The molecule has 0 aliphatic carbocycles. The molecular formula is C18H18BClF2N2. The molecule has 1 aromatic heterocycles. The average molecular weight is 347 g/mol. The number of aryl methyl sites for hydroxylation is 2. The first-order valence-corrected chi connectivity index (χ1v) is 8.14. The Morgan fingerprint density at radius 2 is 1.83 bits per heavy atom. The molecule has 0 radical (unpaired) electrons. The molecule has 0 bridgehead atoms. The van der Waals surface area contributed by atoms with E-state index in [1.54, 1.807) is 13.0 Å². The quantitative estimate of drug-likeness (QED) is 0.722. The van der Waals surface area contributed by atoms with Gasteiger partial charge in [-0.1, -0.05) is 41.4 Å². The number of hydrogen-bond acceptors (Lipinski definition) is 1. The normalized spacial score (nSPS) is 19.5. The van der Waals surface area contributed by atoms with Crippen LogP contribution in [0.2, 0.25) is 0 Å². The van der Waals surface area contributed by atoms with Crippen LogP contribution < -0.4 is 0 Å². The average Bonchev–Trinajstić information content (AvgIpc) is 3.06. The summed E-state index contributed by atoms with van der Waals surface area (Å²) in [4.78, 5) is 1.07. The van der Waals surface area contributed by atoms with Crippen LogP contribution in [0.25, 0.3) is 5.57 Å². The van der Waals surface area contributed by atoms with E-state index in [-0.39, 0.29) is 0 Å². The third-order valence-corrected chi connectivity index (χ3v) is 4.80. The second kappa shape index (κ2) is 6.48. The van der Waals surface area contributed by atoms with Crippen LogP contribution in [0, 0.1) is 6.92 Å². The molecule has 0 spiro atoms. The minimum Gasteiger partial charge on any atom is -0.350 e. The number of allylic oxidation sites excluding steroid dienone is 1. The molecule has 3 rings (SSSR count). The van der Waals surface area contributed by atoms with Crippen LogP contribution in [0.5, 0.6) is 0 Å². The second-order valence-corrected chi connectivity index (χ2v) is 6.46. The van der Waals surface area contributed by atoms with Gasteiger partial charge in [0.05, 0.1) is 11.7 Å². The molecule has 1 aliphatic heterocycles. The van der Waals surface area contributed by atoms with Crippen LogP contribution in [0.3, 0.4) is 0 Å². The molecule has 24 heavy (non-hydrogen) atoms. The minimum absolute atomic E-state index is 0.420. The van der Waals surface area contributed by atoms with E-state index in [0.29, 0.717) is 10.7 Å². The van der Waals surface area contributed by atoms with Crippen molar-refractivity contribution in [2.75, 3.05) is 0 Å². The van der Waals surface area contributed by atoms with E-state index in [2.05, 4.69) is 0 Å². The predicted molar refractivity (Wildman–Crippen MR) is 95.8 cm³/mol. The Kier molecular flexibility index (Phi) is 4.55. The van der Waals surface area contributed by atoms with E-state index >= 15 is 0 Å². The molecule has 1 unspecified atom stereocenters. The van der Waals surface area contributed by atoms with Crippen molar-refractivity contribution in [1.29, 1.82) is 0 Å². The number of aromatic nitrogens is 1. The molecule has 124 valence electrons. The Bertz CT molecular complexity index is 809. The van der Waals surface area contributed by atoms with E-state index < -0.39 is 13.4 Å². The molecule has 0 amide bonds. The van der Waals surface area contributed by atoms with E-state index in [1.807, 2.05) is 61.1 Å². The summed E-state index contributed by atoms with van der Waals surface area (Å²) < 4.78 is 29.3. The monoisotopic (exact) mass is 346 g/mol. The zero-order chi connectivity index (χ0) is 17.4. The summed E-state index contributed by atoms with van der Waals surface area (Å²) in [5, 5.41) is 0.420. The van der Waals surface area contributed by atoms with E-state index in [0.717, 1.165) is 27.2 Å². The maximum absolute atomic E-state index is 13.7. The van der Waals surface area contributed by atoms with E-state index in [9.17, 15) is 8.63 Å². The number of hydrogen-bond donors (Lipinski definition) is 0. The van der Waals surface area contributed by atoms with Crippen molar-refractivity contribution in [3.8, 4) is 0 Å².